The van der Waals surface area contributed by atoms with Crippen molar-refractivity contribution in [1.82, 2.24) is 0 Å². The van der Waals surface area contributed by atoms with Gasteiger partial charge >= 0.3 is 0 Å². The fourth-order valence-electron chi connectivity index (χ4n) is 0.518. The van der Waals surface area contributed by atoms with E-state index in [1.54, 1.807) is 0 Å². The van der Waals surface area contributed by atoms with Gasteiger partial charge in [0.05, 0.1) is 5.70 Å². The maximum Gasteiger partial charge on any atom is 0.129 e. The van der Waals surface area contributed by atoms with Crippen LogP contribution in [0.3, 0.4) is 0 Å². The number of azo groups is 1. The van der Waals surface area contributed by atoms with Gasteiger partial charge in [-0.3, -0.25) is 0 Å². The second kappa shape index (κ2) is 1.45. The van der Waals surface area contributed by atoms with Gasteiger partial charge < -0.3 is 0 Å². The summed E-state index contributed by atoms with van der Waals surface area (Å²) in [6, 6.07) is 0.998. The molecule has 0 aliphatic carbocycles. The molecule has 0 bridgehead atoms. The van der Waals surface area contributed by atoms with E-state index in [1.165, 1.54) is 0 Å². The normalized spacial score (nSPS) is 20.6. The third-order valence-corrected chi connectivity index (χ3v) is 0.783. The zero-order valence-electron chi connectivity index (χ0n) is 4.47. The Labute approximate surface area is 43.0 Å². The average Bonchev–Trinajstić information content (AvgIpc) is 1.87. The first kappa shape index (κ1) is 4.50. The summed E-state index contributed by atoms with van der Waals surface area (Å²) in [6.45, 7) is 3.86. The highest BCUT2D eigenvalue weighted by atomic mass is 15.1. The van der Waals surface area contributed by atoms with E-state index in [4.69, 9.17) is 0 Å². The predicted molar refractivity (Wildman–Crippen MR) is 27.5 cm³/mol. The summed E-state index contributed by atoms with van der Waals surface area (Å²) in [7, 11) is 0. The first-order valence-electron chi connectivity index (χ1n) is 2.22. The molecule has 7 heavy (non-hydrogen) atoms. The van der Waals surface area contributed by atoms with Crippen LogP contribution in [0.15, 0.2) is 22.0 Å². The molecule has 0 aromatic heterocycles. The van der Waals surface area contributed by atoms with E-state index < -0.39 is 0 Å². The third kappa shape index (κ3) is 0.856. The summed E-state index contributed by atoms with van der Waals surface area (Å²) in [6.07, 6.45) is 1.94. The maximum atomic E-state index is 3.77. The van der Waals surface area contributed by atoms with Crippen LogP contribution in [0.4, 0.5) is 0 Å². The molecule has 1 radical (unpaired) electrons. The van der Waals surface area contributed by atoms with Gasteiger partial charge in [-0.15, -0.1) is 0 Å². The fraction of sp³-hybridized carbons (Fsp3) is 0.400. The fourth-order valence-corrected chi connectivity index (χ4v) is 0.518. The van der Waals surface area contributed by atoms with E-state index in [0.717, 1.165) is 11.7 Å². The van der Waals surface area contributed by atoms with Gasteiger partial charge in [-0.2, -0.15) is 10.2 Å². The minimum atomic E-state index is 0.998. The standard InChI is InChI=1S/C5H7N2/c1-4-3-5(2)7-6-4/h3H,1-2H3. The van der Waals surface area contributed by atoms with Crippen LogP contribution in [-0.2, 0) is 0 Å². The van der Waals surface area contributed by atoms with Gasteiger partial charge in [0.15, 0.2) is 0 Å². The minimum Gasteiger partial charge on any atom is -0.175 e. The molecule has 0 saturated carbocycles. The van der Waals surface area contributed by atoms with E-state index in [2.05, 4.69) is 10.2 Å². The Bertz CT molecular complexity index is 124. The second-order valence-corrected chi connectivity index (χ2v) is 1.63. The van der Waals surface area contributed by atoms with Crippen LogP contribution in [0, 0.1) is 6.04 Å². The molecule has 0 aromatic carbocycles. The lowest BCUT2D eigenvalue weighted by molar-refractivity contribution is 1.06. The van der Waals surface area contributed by atoms with Gasteiger partial charge in [0, 0.05) is 0 Å². The Morgan fingerprint density at radius 2 is 2.00 bits per heavy atom. The summed E-state index contributed by atoms with van der Waals surface area (Å²) >= 11 is 0. The lowest BCUT2D eigenvalue weighted by atomic mass is 10.3. The average molecular weight is 95.1 g/mol. The Morgan fingerprint density at radius 1 is 1.29 bits per heavy atom. The monoisotopic (exact) mass is 95.1 g/mol. The minimum absolute atomic E-state index is 0.998. The molecule has 0 spiro atoms. The maximum absolute atomic E-state index is 3.77. The van der Waals surface area contributed by atoms with E-state index in [1.807, 2.05) is 19.9 Å². The summed E-state index contributed by atoms with van der Waals surface area (Å²) in [5.41, 5.74) is 0.998. The smallest absolute Gasteiger partial charge is 0.129 e. The SMILES string of the molecule is C[C]1C=C(C)N=N1. The molecule has 37 valence electrons. The van der Waals surface area contributed by atoms with Crippen LogP contribution >= 0.6 is 0 Å². The Balaban J connectivity index is 2.69. The second-order valence-electron chi connectivity index (χ2n) is 1.63. The van der Waals surface area contributed by atoms with Crippen LogP contribution < -0.4 is 0 Å². The van der Waals surface area contributed by atoms with Gasteiger partial charge in [-0.05, 0) is 19.9 Å². The van der Waals surface area contributed by atoms with Gasteiger partial charge in [-0.25, -0.2) is 0 Å². The first-order valence-corrected chi connectivity index (χ1v) is 2.22. The predicted octanol–water partition coefficient (Wildman–Crippen LogP) is 1.91. The van der Waals surface area contributed by atoms with Crippen LogP contribution in [0.2, 0.25) is 0 Å². The highest BCUT2D eigenvalue weighted by Gasteiger charge is 2.01. The van der Waals surface area contributed by atoms with E-state index in [-0.39, 0.29) is 0 Å². The zero-order chi connectivity index (χ0) is 5.28. The molecule has 0 aromatic rings. The molecule has 1 heterocycles. The van der Waals surface area contributed by atoms with Crippen molar-refractivity contribution < 1.29 is 0 Å². The van der Waals surface area contributed by atoms with Crippen LogP contribution in [0.1, 0.15) is 13.8 Å². The van der Waals surface area contributed by atoms with Gasteiger partial charge in [0.25, 0.3) is 0 Å². The Morgan fingerprint density at radius 3 is 2.14 bits per heavy atom. The molecule has 0 atom stereocenters. The molecule has 2 heteroatoms. The molecule has 0 N–H and O–H groups in total. The molecule has 2 nitrogen and oxygen atoms in total. The number of rotatable bonds is 0. The molecule has 0 saturated heterocycles. The van der Waals surface area contributed by atoms with Gasteiger partial charge in [0.2, 0.25) is 0 Å². The molecule has 0 unspecified atom stereocenters. The lowest BCUT2D eigenvalue weighted by Crippen LogP contribution is -1.69. The summed E-state index contributed by atoms with van der Waals surface area (Å²) in [5.74, 6) is 0. The van der Waals surface area contributed by atoms with Crippen molar-refractivity contribution in [3.63, 3.8) is 0 Å². The van der Waals surface area contributed by atoms with Crippen molar-refractivity contribution >= 4 is 0 Å². The first-order chi connectivity index (χ1) is 3.29. The molecule has 0 amide bonds. The summed E-state index contributed by atoms with van der Waals surface area (Å²) < 4.78 is 0. The van der Waals surface area contributed by atoms with Crippen LogP contribution in [0.25, 0.3) is 0 Å². The largest absolute Gasteiger partial charge is 0.175 e. The molecule has 1 aliphatic rings. The summed E-state index contributed by atoms with van der Waals surface area (Å²) in [4.78, 5) is 0. The highest BCUT2D eigenvalue weighted by Crippen LogP contribution is 2.15. The molecular weight excluding hydrogens is 88.1 g/mol. The van der Waals surface area contributed by atoms with Crippen molar-refractivity contribution in [3.05, 3.63) is 17.8 Å². The topological polar surface area (TPSA) is 24.7 Å². The van der Waals surface area contributed by atoms with Crippen molar-refractivity contribution in [2.45, 2.75) is 13.8 Å². The lowest BCUT2D eigenvalue weighted by Gasteiger charge is -1.79. The third-order valence-electron chi connectivity index (χ3n) is 0.783. The molecule has 1 aliphatic heterocycles. The van der Waals surface area contributed by atoms with Crippen LogP contribution in [-0.4, -0.2) is 0 Å². The van der Waals surface area contributed by atoms with Gasteiger partial charge in [0.1, 0.15) is 6.04 Å². The van der Waals surface area contributed by atoms with E-state index in [9.17, 15) is 0 Å². The Kier molecular flexibility index (Phi) is 0.929. The number of hydrogen-bond donors (Lipinski definition) is 0. The van der Waals surface area contributed by atoms with Crippen molar-refractivity contribution in [3.8, 4) is 0 Å². The number of nitrogens with zero attached hydrogens (tertiary/aromatic N) is 2. The molecule has 1 rings (SSSR count). The molecule has 0 fully saturated rings. The number of allylic oxidation sites excluding steroid dienone is 1. The highest BCUT2D eigenvalue weighted by molar-refractivity contribution is 5.15. The summed E-state index contributed by atoms with van der Waals surface area (Å²) in [5, 5.41) is 7.53. The van der Waals surface area contributed by atoms with Gasteiger partial charge in [-0.1, -0.05) is 0 Å². The van der Waals surface area contributed by atoms with Crippen molar-refractivity contribution in [2.24, 2.45) is 10.2 Å². The van der Waals surface area contributed by atoms with E-state index >= 15 is 0 Å². The Hall–Kier alpha value is -0.660. The van der Waals surface area contributed by atoms with Crippen molar-refractivity contribution in [2.75, 3.05) is 0 Å². The van der Waals surface area contributed by atoms with Crippen molar-refractivity contribution in [1.29, 1.82) is 0 Å². The van der Waals surface area contributed by atoms with E-state index in [0.29, 0.717) is 0 Å². The van der Waals surface area contributed by atoms with Crippen LogP contribution in [0.5, 0.6) is 0 Å². The quantitative estimate of drug-likeness (QED) is 0.439. The number of hydrogen-bond acceptors (Lipinski definition) is 2. The zero-order valence-corrected chi connectivity index (χ0v) is 4.47. The molecular formula is C5H7N2.